The summed E-state index contributed by atoms with van der Waals surface area (Å²) in [7, 11) is 0. The number of hydrogen-bond donors (Lipinski definition) is 0. The van der Waals surface area contributed by atoms with Gasteiger partial charge in [-0.3, -0.25) is 9.69 Å². The Balaban J connectivity index is 1.44. The normalized spacial score (nSPS) is 15.9. The van der Waals surface area contributed by atoms with Crippen LogP contribution in [0.2, 0.25) is 0 Å². The number of benzene rings is 3. The molecule has 1 heterocycles. The molecule has 0 aliphatic carbocycles. The third kappa shape index (κ3) is 3.60. The molecule has 0 bridgehead atoms. The standard InChI is InChI=1S/C23H20FN3O/c24-21-9-7-18(8-10-21)22(16-25)26-11-13-27(14-12-26)23(28)20-6-5-17-3-1-2-4-19(17)15-20/h1-10,15,22H,11-14H2. The Morgan fingerprint density at radius 1 is 0.929 bits per heavy atom. The molecule has 0 N–H and O–H groups in total. The van der Waals surface area contributed by atoms with Crippen LogP contribution in [-0.2, 0) is 0 Å². The van der Waals surface area contributed by atoms with Crippen LogP contribution in [0, 0.1) is 17.1 Å². The van der Waals surface area contributed by atoms with E-state index in [1.54, 1.807) is 12.1 Å². The van der Waals surface area contributed by atoms with Crippen LogP contribution in [0.3, 0.4) is 0 Å². The van der Waals surface area contributed by atoms with Gasteiger partial charge in [0.2, 0.25) is 0 Å². The van der Waals surface area contributed by atoms with Gasteiger partial charge in [0.05, 0.1) is 6.07 Å². The molecule has 3 aromatic carbocycles. The molecule has 1 saturated heterocycles. The second kappa shape index (κ2) is 7.79. The molecule has 1 aliphatic rings. The fraction of sp³-hybridized carbons (Fsp3) is 0.217. The highest BCUT2D eigenvalue weighted by atomic mass is 19.1. The van der Waals surface area contributed by atoms with E-state index in [9.17, 15) is 14.4 Å². The highest BCUT2D eigenvalue weighted by Gasteiger charge is 2.27. The van der Waals surface area contributed by atoms with Crippen LogP contribution in [0.5, 0.6) is 0 Å². The largest absolute Gasteiger partial charge is 0.336 e. The van der Waals surface area contributed by atoms with E-state index in [0.717, 1.165) is 16.3 Å². The SMILES string of the molecule is N#CC(c1ccc(F)cc1)N1CCN(C(=O)c2ccc3ccccc3c2)CC1. The molecular weight excluding hydrogens is 353 g/mol. The van der Waals surface area contributed by atoms with Crippen molar-refractivity contribution in [1.82, 2.24) is 9.80 Å². The summed E-state index contributed by atoms with van der Waals surface area (Å²) in [5, 5.41) is 11.7. The summed E-state index contributed by atoms with van der Waals surface area (Å²) in [5.41, 5.74) is 1.46. The van der Waals surface area contributed by atoms with E-state index < -0.39 is 6.04 Å². The van der Waals surface area contributed by atoms with Crippen molar-refractivity contribution in [3.8, 4) is 6.07 Å². The molecule has 5 heteroatoms. The number of fused-ring (bicyclic) bond motifs is 1. The lowest BCUT2D eigenvalue weighted by atomic mass is 10.0. The van der Waals surface area contributed by atoms with Crippen molar-refractivity contribution in [1.29, 1.82) is 5.26 Å². The molecule has 0 aromatic heterocycles. The van der Waals surface area contributed by atoms with Gasteiger partial charge in [-0.2, -0.15) is 5.26 Å². The lowest BCUT2D eigenvalue weighted by Crippen LogP contribution is -2.49. The zero-order valence-electron chi connectivity index (χ0n) is 15.4. The van der Waals surface area contributed by atoms with E-state index in [0.29, 0.717) is 31.7 Å². The molecule has 0 radical (unpaired) electrons. The van der Waals surface area contributed by atoms with Crippen LogP contribution < -0.4 is 0 Å². The van der Waals surface area contributed by atoms with Crippen molar-refractivity contribution in [2.75, 3.05) is 26.2 Å². The number of amides is 1. The molecule has 0 saturated carbocycles. The number of nitrogens with zero attached hydrogens (tertiary/aromatic N) is 3. The summed E-state index contributed by atoms with van der Waals surface area (Å²) in [5.74, 6) is -0.299. The lowest BCUT2D eigenvalue weighted by molar-refractivity contribution is 0.0606. The first-order valence-electron chi connectivity index (χ1n) is 9.33. The molecule has 28 heavy (non-hydrogen) atoms. The molecule has 0 spiro atoms. The van der Waals surface area contributed by atoms with Gasteiger partial charge in [-0.25, -0.2) is 4.39 Å². The maximum Gasteiger partial charge on any atom is 0.253 e. The summed E-state index contributed by atoms with van der Waals surface area (Å²) in [6.07, 6.45) is 0. The molecular formula is C23H20FN3O. The number of hydrogen-bond acceptors (Lipinski definition) is 3. The van der Waals surface area contributed by atoms with Gasteiger partial charge < -0.3 is 4.90 Å². The monoisotopic (exact) mass is 373 g/mol. The van der Waals surface area contributed by atoms with Crippen LogP contribution >= 0.6 is 0 Å². The van der Waals surface area contributed by atoms with Crippen molar-refractivity contribution < 1.29 is 9.18 Å². The van der Waals surface area contributed by atoms with Crippen LogP contribution in [-0.4, -0.2) is 41.9 Å². The van der Waals surface area contributed by atoms with Gasteiger partial charge in [-0.15, -0.1) is 0 Å². The molecule has 4 rings (SSSR count). The summed E-state index contributed by atoms with van der Waals surface area (Å²) >= 11 is 0. The predicted octanol–water partition coefficient (Wildman–Crippen LogP) is 4.00. The number of carbonyl (C=O) groups is 1. The summed E-state index contributed by atoms with van der Waals surface area (Å²) < 4.78 is 13.2. The van der Waals surface area contributed by atoms with Crippen molar-refractivity contribution in [3.63, 3.8) is 0 Å². The quantitative estimate of drug-likeness (QED) is 0.697. The molecule has 1 fully saturated rings. The van der Waals surface area contributed by atoms with E-state index in [1.165, 1.54) is 12.1 Å². The van der Waals surface area contributed by atoms with Crippen LogP contribution in [0.4, 0.5) is 4.39 Å². The van der Waals surface area contributed by atoms with Gasteiger partial charge in [-0.1, -0.05) is 42.5 Å². The smallest absolute Gasteiger partial charge is 0.253 e. The van der Waals surface area contributed by atoms with Crippen molar-refractivity contribution >= 4 is 16.7 Å². The van der Waals surface area contributed by atoms with Crippen molar-refractivity contribution in [2.24, 2.45) is 0 Å². The molecule has 1 atom stereocenters. The fourth-order valence-electron chi connectivity index (χ4n) is 3.70. The lowest BCUT2D eigenvalue weighted by Gasteiger charge is -2.37. The van der Waals surface area contributed by atoms with Crippen molar-refractivity contribution in [3.05, 3.63) is 83.7 Å². The van der Waals surface area contributed by atoms with Gasteiger partial charge in [0.1, 0.15) is 11.9 Å². The average molecular weight is 373 g/mol. The number of rotatable bonds is 3. The molecule has 1 unspecified atom stereocenters. The highest BCUT2D eigenvalue weighted by molar-refractivity contribution is 5.98. The zero-order chi connectivity index (χ0) is 19.5. The molecule has 3 aromatic rings. The van der Waals surface area contributed by atoms with Gasteiger partial charge in [-0.05, 0) is 40.6 Å². The number of halogens is 1. The van der Waals surface area contributed by atoms with Crippen LogP contribution in [0.25, 0.3) is 10.8 Å². The van der Waals surface area contributed by atoms with E-state index >= 15 is 0 Å². The first kappa shape index (κ1) is 18.1. The number of nitriles is 1. The molecule has 1 aliphatic heterocycles. The minimum atomic E-state index is -0.432. The van der Waals surface area contributed by atoms with Crippen LogP contribution in [0.1, 0.15) is 22.0 Å². The molecule has 1 amide bonds. The second-order valence-electron chi connectivity index (χ2n) is 6.97. The molecule has 4 nitrogen and oxygen atoms in total. The topological polar surface area (TPSA) is 47.3 Å². The number of carbonyl (C=O) groups excluding carboxylic acids is 1. The Bertz CT molecular complexity index is 1030. The maximum absolute atomic E-state index is 13.2. The van der Waals surface area contributed by atoms with Crippen LogP contribution in [0.15, 0.2) is 66.7 Å². The predicted molar refractivity (Wildman–Crippen MR) is 106 cm³/mol. The van der Waals surface area contributed by atoms with Gasteiger partial charge in [0.15, 0.2) is 0 Å². The first-order valence-corrected chi connectivity index (χ1v) is 9.33. The summed E-state index contributed by atoms with van der Waals surface area (Å²) in [6.45, 7) is 2.33. The number of piperazine rings is 1. The Morgan fingerprint density at radius 3 is 2.29 bits per heavy atom. The van der Waals surface area contributed by atoms with E-state index in [2.05, 4.69) is 6.07 Å². The summed E-state index contributed by atoms with van der Waals surface area (Å²) in [6, 6.07) is 21.7. The van der Waals surface area contributed by atoms with Gasteiger partial charge in [0, 0.05) is 31.7 Å². The van der Waals surface area contributed by atoms with Gasteiger partial charge in [0.25, 0.3) is 5.91 Å². The zero-order valence-corrected chi connectivity index (χ0v) is 15.4. The van der Waals surface area contributed by atoms with E-state index in [-0.39, 0.29) is 11.7 Å². The second-order valence-corrected chi connectivity index (χ2v) is 6.97. The molecule has 140 valence electrons. The maximum atomic E-state index is 13.2. The summed E-state index contributed by atoms with van der Waals surface area (Å²) in [4.78, 5) is 16.8. The highest BCUT2D eigenvalue weighted by Crippen LogP contribution is 2.23. The average Bonchev–Trinajstić information content (AvgIpc) is 2.75. The fourth-order valence-corrected chi connectivity index (χ4v) is 3.70. The van der Waals surface area contributed by atoms with Gasteiger partial charge >= 0.3 is 0 Å². The van der Waals surface area contributed by atoms with E-state index in [1.807, 2.05) is 52.3 Å². The first-order chi connectivity index (χ1) is 13.7. The minimum absolute atomic E-state index is 0.0145. The van der Waals surface area contributed by atoms with Crippen molar-refractivity contribution in [2.45, 2.75) is 6.04 Å². The Labute approximate surface area is 163 Å². The minimum Gasteiger partial charge on any atom is -0.336 e. The Kier molecular flexibility index (Phi) is 5.05. The third-order valence-electron chi connectivity index (χ3n) is 5.27. The Morgan fingerprint density at radius 2 is 1.61 bits per heavy atom. The Hall–Kier alpha value is -3.23. The van der Waals surface area contributed by atoms with E-state index in [4.69, 9.17) is 0 Å². The third-order valence-corrected chi connectivity index (χ3v) is 5.27.